The molecule has 1 unspecified atom stereocenters. The summed E-state index contributed by atoms with van der Waals surface area (Å²) in [7, 11) is 0. The Labute approximate surface area is 98.9 Å². The highest BCUT2D eigenvalue weighted by Crippen LogP contribution is 2.25. The molecule has 1 rings (SSSR count). The fraction of sp³-hybridized carbons (Fsp3) is 0.923. The van der Waals surface area contributed by atoms with Crippen molar-refractivity contribution in [3.05, 3.63) is 0 Å². The minimum absolute atomic E-state index is 0.0809. The molecule has 0 aromatic heterocycles. The molecule has 0 aromatic rings. The quantitative estimate of drug-likeness (QED) is 0.784. The molecular formula is C13H25NO2. The molecular weight excluding hydrogens is 202 g/mol. The van der Waals surface area contributed by atoms with E-state index in [0.29, 0.717) is 18.2 Å². The maximum atomic E-state index is 11.1. The van der Waals surface area contributed by atoms with Gasteiger partial charge in [0.15, 0.2) is 0 Å². The predicted octanol–water partition coefficient (Wildman–Crippen LogP) is 2.64. The lowest BCUT2D eigenvalue weighted by Gasteiger charge is -2.35. The van der Waals surface area contributed by atoms with Gasteiger partial charge in [-0.1, -0.05) is 26.7 Å². The molecule has 1 saturated heterocycles. The van der Waals surface area contributed by atoms with Gasteiger partial charge in [0, 0.05) is 13.0 Å². The van der Waals surface area contributed by atoms with Crippen LogP contribution in [0.5, 0.6) is 0 Å². The second kappa shape index (κ2) is 6.89. The third-order valence-electron chi connectivity index (χ3n) is 3.11. The predicted molar refractivity (Wildman–Crippen MR) is 65.3 cm³/mol. The number of hydrogen-bond acceptors (Lipinski definition) is 2. The molecule has 0 bridgehead atoms. The minimum Gasteiger partial charge on any atom is -0.375 e. The van der Waals surface area contributed by atoms with Gasteiger partial charge >= 0.3 is 0 Å². The molecule has 16 heavy (non-hydrogen) atoms. The monoisotopic (exact) mass is 227 g/mol. The van der Waals surface area contributed by atoms with Gasteiger partial charge in [-0.3, -0.25) is 4.79 Å². The highest BCUT2D eigenvalue weighted by atomic mass is 16.5. The molecule has 0 saturated carbocycles. The lowest BCUT2D eigenvalue weighted by Crippen LogP contribution is -2.44. The number of hydrogen-bond donors (Lipinski definition) is 1. The summed E-state index contributed by atoms with van der Waals surface area (Å²) < 4.78 is 6.03. The molecule has 0 spiro atoms. The van der Waals surface area contributed by atoms with Gasteiger partial charge in [0.25, 0.3) is 0 Å². The van der Waals surface area contributed by atoms with E-state index in [0.717, 1.165) is 38.5 Å². The van der Waals surface area contributed by atoms with Gasteiger partial charge in [-0.15, -0.1) is 0 Å². The zero-order valence-corrected chi connectivity index (χ0v) is 10.8. The topological polar surface area (TPSA) is 38.3 Å². The van der Waals surface area contributed by atoms with Crippen LogP contribution in [-0.2, 0) is 9.53 Å². The number of ether oxygens (including phenoxy) is 1. The normalized spacial score (nSPS) is 30.1. The van der Waals surface area contributed by atoms with Crippen LogP contribution in [0.2, 0.25) is 0 Å². The average molecular weight is 227 g/mol. The first-order chi connectivity index (χ1) is 7.65. The molecule has 3 atom stereocenters. The highest BCUT2D eigenvalue weighted by Gasteiger charge is 2.28. The average Bonchev–Trinajstić information content (AvgIpc) is 2.17. The minimum atomic E-state index is 0.0809. The number of nitrogens with one attached hydrogen (secondary N) is 1. The Hall–Kier alpha value is -0.570. The van der Waals surface area contributed by atoms with Gasteiger partial charge in [0.1, 0.15) is 0 Å². The van der Waals surface area contributed by atoms with Crippen molar-refractivity contribution in [1.82, 2.24) is 5.32 Å². The molecule has 1 fully saturated rings. The lowest BCUT2D eigenvalue weighted by molar-refractivity contribution is -0.122. The van der Waals surface area contributed by atoms with Crippen LogP contribution >= 0.6 is 0 Å². The highest BCUT2D eigenvalue weighted by molar-refractivity contribution is 5.73. The van der Waals surface area contributed by atoms with Crippen molar-refractivity contribution in [2.45, 2.75) is 77.5 Å². The van der Waals surface area contributed by atoms with E-state index in [1.807, 2.05) is 0 Å². The van der Waals surface area contributed by atoms with Crippen LogP contribution in [0.15, 0.2) is 0 Å². The first kappa shape index (κ1) is 13.5. The maximum Gasteiger partial charge on any atom is 0.217 e. The summed E-state index contributed by atoms with van der Waals surface area (Å²) in [6.45, 7) is 5.96. The van der Waals surface area contributed by atoms with Crippen molar-refractivity contribution in [2.24, 2.45) is 0 Å². The van der Waals surface area contributed by atoms with Gasteiger partial charge < -0.3 is 10.1 Å². The van der Waals surface area contributed by atoms with Crippen LogP contribution in [0.3, 0.4) is 0 Å². The fourth-order valence-corrected chi connectivity index (χ4v) is 2.54. The van der Waals surface area contributed by atoms with E-state index < -0.39 is 0 Å². The van der Waals surface area contributed by atoms with Crippen molar-refractivity contribution in [1.29, 1.82) is 0 Å². The Kier molecular flexibility index (Phi) is 5.81. The van der Waals surface area contributed by atoms with Crippen LogP contribution in [0.25, 0.3) is 0 Å². The SMILES string of the molecule is CCCC1C[C@H](NC(C)=O)C[C@H](CCC)O1. The van der Waals surface area contributed by atoms with E-state index in [-0.39, 0.29) is 5.91 Å². The summed E-state index contributed by atoms with van der Waals surface area (Å²) in [5.41, 5.74) is 0. The Morgan fingerprint density at radius 3 is 2.06 bits per heavy atom. The molecule has 0 radical (unpaired) electrons. The van der Waals surface area contributed by atoms with Crippen molar-refractivity contribution in [3.63, 3.8) is 0 Å². The zero-order chi connectivity index (χ0) is 12.0. The number of amides is 1. The van der Waals surface area contributed by atoms with Crippen molar-refractivity contribution >= 4 is 5.91 Å². The smallest absolute Gasteiger partial charge is 0.217 e. The summed E-state index contributed by atoms with van der Waals surface area (Å²) in [5, 5.41) is 3.04. The van der Waals surface area contributed by atoms with E-state index in [4.69, 9.17) is 4.74 Å². The Morgan fingerprint density at radius 2 is 1.69 bits per heavy atom. The molecule has 0 aromatic carbocycles. The first-order valence-electron chi connectivity index (χ1n) is 6.58. The standard InChI is InChI=1S/C13H25NO2/c1-4-6-12-8-11(14-10(3)15)9-13(16-12)7-5-2/h11-13H,4-9H2,1-3H3,(H,14,15)/t11-,12+,13?/m1/s1. The van der Waals surface area contributed by atoms with Gasteiger partial charge in [-0.05, 0) is 25.7 Å². The summed E-state index contributed by atoms with van der Waals surface area (Å²) in [5.74, 6) is 0.0809. The zero-order valence-electron chi connectivity index (χ0n) is 10.8. The van der Waals surface area contributed by atoms with Gasteiger partial charge in [-0.25, -0.2) is 0 Å². The van der Waals surface area contributed by atoms with E-state index in [1.165, 1.54) is 0 Å². The van der Waals surface area contributed by atoms with Crippen LogP contribution in [0.1, 0.15) is 59.3 Å². The molecule has 3 heteroatoms. The second-order valence-corrected chi connectivity index (χ2v) is 4.83. The summed E-state index contributed by atoms with van der Waals surface area (Å²) in [6.07, 6.45) is 7.15. The van der Waals surface area contributed by atoms with Gasteiger partial charge in [-0.2, -0.15) is 0 Å². The maximum absolute atomic E-state index is 11.1. The lowest BCUT2D eigenvalue weighted by atomic mass is 9.94. The Bertz CT molecular complexity index is 204. The van der Waals surface area contributed by atoms with Crippen molar-refractivity contribution in [2.75, 3.05) is 0 Å². The Morgan fingerprint density at radius 1 is 1.19 bits per heavy atom. The molecule has 1 aliphatic rings. The first-order valence-corrected chi connectivity index (χ1v) is 6.58. The largest absolute Gasteiger partial charge is 0.375 e. The van der Waals surface area contributed by atoms with Crippen LogP contribution in [-0.4, -0.2) is 24.2 Å². The molecule has 1 amide bonds. The fourth-order valence-electron chi connectivity index (χ4n) is 2.54. The second-order valence-electron chi connectivity index (χ2n) is 4.83. The van der Waals surface area contributed by atoms with E-state index >= 15 is 0 Å². The Balaban J connectivity index is 2.48. The summed E-state index contributed by atoms with van der Waals surface area (Å²) in [6, 6.07) is 0.319. The van der Waals surface area contributed by atoms with Gasteiger partial charge in [0.05, 0.1) is 12.2 Å². The summed E-state index contributed by atoms with van der Waals surface area (Å²) in [4.78, 5) is 11.1. The van der Waals surface area contributed by atoms with E-state index in [1.54, 1.807) is 6.92 Å². The summed E-state index contributed by atoms with van der Waals surface area (Å²) >= 11 is 0. The molecule has 3 nitrogen and oxygen atoms in total. The molecule has 0 aliphatic carbocycles. The van der Waals surface area contributed by atoms with E-state index in [9.17, 15) is 4.79 Å². The molecule has 1 aliphatic heterocycles. The van der Waals surface area contributed by atoms with E-state index in [2.05, 4.69) is 19.2 Å². The molecule has 94 valence electrons. The van der Waals surface area contributed by atoms with Crippen molar-refractivity contribution in [3.8, 4) is 0 Å². The molecule has 1 N–H and O–H groups in total. The van der Waals surface area contributed by atoms with Gasteiger partial charge in [0.2, 0.25) is 5.91 Å². The third-order valence-corrected chi connectivity index (χ3v) is 3.11. The number of carbonyl (C=O) groups is 1. The number of rotatable bonds is 5. The third kappa shape index (κ3) is 4.52. The number of carbonyl (C=O) groups excluding carboxylic acids is 1. The molecule has 1 heterocycles. The van der Waals surface area contributed by atoms with Crippen molar-refractivity contribution < 1.29 is 9.53 Å². The van der Waals surface area contributed by atoms with Crippen LogP contribution in [0, 0.1) is 0 Å². The van der Waals surface area contributed by atoms with Crippen LogP contribution in [0.4, 0.5) is 0 Å². The van der Waals surface area contributed by atoms with Crippen LogP contribution < -0.4 is 5.32 Å².